The van der Waals surface area contributed by atoms with Crippen LogP contribution in [0.2, 0.25) is 0 Å². The van der Waals surface area contributed by atoms with Crippen molar-refractivity contribution in [3.8, 4) is 11.5 Å². The number of halogens is 2. The number of amides is 1. The first-order valence-corrected chi connectivity index (χ1v) is 8.27. The zero-order chi connectivity index (χ0) is 18.1. The van der Waals surface area contributed by atoms with Crippen molar-refractivity contribution in [1.29, 1.82) is 0 Å². The van der Waals surface area contributed by atoms with Crippen molar-refractivity contribution >= 4 is 30.7 Å². The van der Waals surface area contributed by atoms with E-state index in [1.807, 2.05) is 44.3 Å². The minimum atomic E-state index is -0.104. The van der Waals surface area contributed by atoms with Crippen LogP contribution in [0.5, 0.6) is 11.5 Å². The molecule has 1 atom stereocenters. The fourth-order valence-electron chi connectivity index (χ4n) is 2.35. The van der Waals surface area contributed by atoms with Crippen molar-refractivity contribution in [2.24, 2.45) is 0 Å². The Morgan fingerprint density at radius 3 is 2.48 bits per heavy atom. The van der Waals surface area contributed by atoms with Gasteiger partial charge in [0.25, 0.3) is 0 Å². The van der Waals surface area contributed by atoms with E-state index in [9.17, 15) is 4.79 Å². The highest BCUT2D eigenvalue weighted by Crippen LogP contribution is 2.31. The first kappa shape index (κ1) is 25.0. The third-order valence-electron chi connectivity index (χ3n) is 3.81. The molecule has 1 heterocycles. The molecular weight excluding hydrogens is 389 g/mol. The van der Waals surface area contributed by atoms with Crippen molar-refractivity contribution in [2.45, 2.75) is 26.0 Å². The van der Waals surface area contributed by atoms with Crippen LogP contribution in [-0.4, -0.2) is 31.6 Å². The van der Waals surface area contributed by atoms with Gasteiger partial charge in [-0.1, -0.05) is 6.07 Å². The molecule has 0 aliphatic heterocycles. The summed E-state index contributed by atoms with van der Waals surface area (Å²) in [7, 11) is 3.43. The number of methoxy groups -OCH3 is 1. The average molecular weight is 416 g/mol. The van der Waals surface area contributed by atoms with Gasteiger partial charge in [0, 0.05) is 25.4 Å². The van der Waals surface area contributed by atoms with Crippen molar-refractivity contribution < 1.29 is 14.3 Å². The Kier molecular flexibility index (Phi) is 12.2. The molecule has 0 aliphatic carbocycles. The summed E-state index contributed by atoms with van der Waals surface area (Å²) in [6.45, 7) is 3.04. The fourth-order valence-corrected chi connectivity index (χ4v) is 2.35. The Hall–Kier alpha value is -2.02. The summed E-state index contributed by atoms with van der Waals surface area (Å²) in [5.41, 5.74) is 2.00. The van der Waals surface area contributed by atoms with E-state index in [1.54, 1.807) is 19.5 Å². The van der Waals surface area contributed by atoms with Crippen LogP contribution in [0.3, 0.4) is 0 Å². The Bertz CT molecular complexity index is 687. The lowest BCUT2D eigenvalue weighted by atomic mass is 10.1. The molecule has 6 nitrogen and oxygen atoms in total. The Balaban J connectivity index is 0.00000338. The van der Waals surface area contributed by atoms with Gasteiger partial charge in [0.2, 0.25) is 5.91 Å². The monoisotopic (exact) mass is 415 g/mol. The number of aromatic nitrogens is 1. The number of carbonyl (C=O) groups excluding carboxylic acids is 1. The van der Waals surface area contributed by atoms with Gasteiger partial charge < -0.3 is 20.1 Å². The SMILES string of the molecule is CNCCC(=O)NC(C)c1ccc(OCc2ccncc2)c(OC)c1.Cl.Cl. The summed E-state index contributed by atoms with van der Waals surface area (Å²) in [6.07, 6.45) is 3.92. The van der Waals surface area contributed by atoms with Crippen molar-refractivity contribution in [1.82, 2.24) is 15.6 Å². The number of benzene rings is 1. The van der Waals surface area contributed by atoms with Crippen LogP contribution in [0.15, 0.2) is 42.7 Å². The number of nitrogens with zero attached hydrogens (tertiary/aromatic N) is 1. The number of carbonyl (C=O) groups is 1. The lowest BCUT2D eigenvalue weighted by molar-refractivity contribution is -0.121. The second-order valence-electron chi connectivity index (χ2n) is 5.70. The molecule has 1 aromatic heterocycles. The second kappa shape index (κ2) is 13.2. The quantitative estimate of drug-likeness (QED) is 0.657. The highest BCUT2D eigenvalue weighted by Gasteiger charge is 2.13. The number of hydrogen-bond donors (Lipinski definition) is 2. The molecule has 0 saturated heterocycles. The van der Waals surface area contributed by atoms with Gasteiger partial charge in [-0.25, -0.2) is 0 Å². The molecule has 0 spiro atoms. The third kappa shape index (κ3) is 8.03. The molecule has 2 aromatic rings. The van der Waals surface area contributed by atoms with Crippen LogP contribution < -0.4 is 20.1 Å². The molecule has 1 aromatic carbocycles. The number of pyridine rings is 1. The molecule has 1 unspecified atom stereocenters. The van der Waals surface area contributed by atoms with Gasteiger partial charge in [-0.15, -0.1) is 24.8 Å². The van der Waals surface area contributed by atoms with E-state index >= 15 is 0 Å². The van der Waals surface area contributed by atoms with Crippen molar-refractivity contribution in [2.75, 3.05) is 20.7 Å². The predicted molar refractivity (Wildman–Crippen MR) is 111 cm³/mol. The Labute approximate surface area is 172 Å². The maximum atomic E-state index is 11.9. The third-order valence-corrected chi connectivity index (χ3v) is 3.81. The van der Waals surface area contributed by atoms with Gasteiger partial charge in [0.05, 0.1) is 13.2 Å². The van der Waals surface area contributed by atoms with E-state index in [2.05, 4.69) is 15.6 Å². The van der Waals surface area contributed by atoms with Crippen LogP contribution in [0, 0.1) is 0 Å². The highest BCUT2D eigenvalue weighted by atomic mass is 35.5. The fraction of sp³-hybridized carbons (Fsp3) is 0.368. The van der Waals surface area contributed by atoms with Crippen molar-refractivity contribution in [3.05, 3.63) is 53.9 Å². The van der Waals surface area contributed by atoms with Gasteiger partial charge in [0.15, 0.2) is 11.5 Å². The number of ether oxygens (including phenoxy) is 2. The summed E-state index contributed by atoms with van der Waals surface area (Å²) in [6, 6.07) is 9.41. The molecule has 1 amide bonds. The first-order chi connectivity index (χ1) is 12.1. The molecular formula is C19H27Cl2N3O3. The lowest BCUT2D eigenvalue weighted by Crippen LogP contribution is -2.29. The molecule has 150 valence electrons. The largest absolute Gasteiger partial charge is 0.493 e. The summed E-state index contributed by atoms with van der Waals surface area (Å²) in [4.78, 5) is 15.8. The zero-order valence-electron chi connectivity index (χ0n) is 15.7. The normalized spacial score (nSPS) is 10.8. The van der Waals surface area contributed by atoms with Crippen LogP contribution in [0.4, 0.5) is 0 Å². The molecule has 0 saturated carbocycles. The van der Waals surface area contributed by atoms with Gasteiger partial charge in [-0.3, -0.25) is 9.78 Å². The van der Waals surface area contributed by atoms with Crippen LogP contribution in [0.1, 0.15) is 30.5 Å². The average Bonchev–Trinajstić information content (AvgIpc) is 2.65. The van der Waals surface area contributed by atoms with E-state index in [-0.39, 0.29) is 36.8 Å². The van der Waals surface area contributed by atoms with Crippen molar-refractivity contribution in [3.63, 3.8) is 0 Å². The summed E-state index contributed by atoms with van der Waals surface area (Å²) in [5, 5.41) is 5.94. The van der Waals surface area contributed by atoms with Gasteiger partial charge >= 0.3 is 0 Å². The Morgan fingerprint density at radius 1 is 1.15 bits per heavy atom. The van der Waals surface area contributed by atoms with E-state index < -0.39 is 0 Å². The summed E-state index contributed by atoms with van der Waals surface area (Å²) in [5.74, 6) is 1.32. The van der Waals surface area contributed by atoms with Crippen LogP contribution in [0.25, 0.3) is 0 Å². The number of hydrogen-bond acceptors (Lipinski definition) is 5. The summed E-state index contributed by atoms with van der Waals surface area (Å²) >= 11 is 0. The molecule has 0 bridgehead atoms. The minimum absolute atomic E-state index is 0. The van der Waals surface area contributed by atoms with E-state index in [0.717, 1.165) is 11.1 Å². The van der Waals surface area contributed by atoms with E-state index in [0.29, 0.717) is 31.1 Å². The number of rotatable bonds is 9. The molecule has 0 fully saturated rings. The van der Waals surface area contributed by atoms with Gasteiger partial charge in [-0.2, -0.15) is 0 Å². The lowest BCUT2D eigenvalue weighted by Gasteiger charge is -2.17. The topological polar surface area (TPSA) is 72.5 Å². The molecule has 8 heteroatoms. The standard InChI is InChI=1S/C19H25N3O3.2ClH/c1-14(22-19(23)8-9-20-2)16-4-5-17(18(12-16)24-3)25-13-15-6-10-21-11-7-15;;/h4-7,10-12,14,20H,8-9,13H2,1-3H3,(H,22,23);2*1H. The maximum absolute atomic E-state index is 11.9. The molecule has 2 rings (SSSR count). The predicted octanol–water partition coefficient (Wildman–Crippen LogP) is 3.30. The maximum Gasteiger partial charge on any atom is 0.221 e. The van der Waals surface area contributed by atoms with Gasteiger partial charge in [-0.05, 0) is 49.4 Å². The van der Waals surface area contributed by atoms with Crippen LogP contribution in [-0.2, 0) is 11.4 Å². The molecule has 0 radical (unpaired) electrons. The zero-order valence-corrected chi connectivity index (χ0v) is 17.4. The van der Waals surface area contributed by atoms with E-state index in [4.69, 9.17) is 9.47 Å². The molecule has 0 aliphatic rings. The summed E-state index contributed by atoms with van der Waals surface area (Å²) < 4.78 is 11.3. The van der Waals surface area contributed by atoms with Crippen LogP contribution >= 0.6 is 24.8 Å². The number of nitrogens with one attached hydrogen (secondary N) is 2. The smallest absolute Gasteiger partial charge is 0.221 e. The first-order valence-electron chi connectivity index (χ1n) is 8.27. The second-order valence-corrected chi connectivity index (χ2v) is 5.70. The molecule has 2 N–H and O–H groups in total. The molecule has 27 heavy (non-hydrogen) atoms. The highest BCUT2D eigenvalue weighted by molar-refractivity contribution is 5.85. The minimum Gasteiger partial charge on any atom is -0.493 e. The Morgan fingerprint density at radius 2 is 1.85 bits per heavy atom. The van der Waals surface area contributed by atoms with E-state index in [1.165, 1.54) is 0 Å². The van der Waals surface area contributed by atoms with Gasteiger partial charge in [0.1, 0.15) is 6.61 Å².